The van der Waals surface area contributed by atoms with Gasteiger partial charge in [-0.15, -0.1) is 0 Å². The first-order chi connectivity index (χ1) is 6.36. The van der Waals surface area contributed by atoms with E-state index in [2.05, 4.69) is 4.99 Å². The van der Waals surface area contributed by atoms with E-state index in [4.69, 9.17) is 9.47 Å². The highest BCUT2D eigenvalue weighted by Crippen LogP contribution is 2.10. The summed E-state index contributed by atoms with van der Waals surface area (Å²) in [6.07, 6.45) is 1.79. The maximum absolute atomic E-state index is 5.22. The minimum atomic E-state index is 0.279. The second-order valence-electron chi connectivity index (χ2n) is 2.51. The number of rotatable bonds is 4. The van der Waals surface area contributed by atoms with Gasteiger partial charge in [-0.1, -0.05) is 0 Å². The Hall–Kier alpha value is -1.35. The van der Waals surface area contributed by atoms with Crippen molar-refractivity contribution < 1.29 is 9.47 Å². The number of hydrogen-bond acceptors (Lipinski definition) is 3. The maximum atomic E-state index is 5.22. The van der Waals surface area contributed by atoms with Gasteiger partial charge in [0.05, 0.1) is 0 Å². The molecular weight excluding hydrogens is 166 g/mol. The molecule has 0 unspecified atom stereocenters. The van der Waals surface area contributed by atoms with Crippen LogP contribution in [0, 0.1) is 0 Å². The monoisotopic (exact) mass is 179 g/mol. The Bertz CT molecular complexity index is 267. The minimum Gasteiger partial charge on any atom is -0.468 e. The van der Waals surface area contributed by atoms with E-state index < -0.39 is 0 Å². The molecule has 0 saturated heterocycles. The lowest BCUT2D eigenvalue weighted by Gasteiger charge is -2.03. The summed E-state index contributed by atoms with van der Waals surface area (Å²) in [5.74, 6) is 0.801. The van der Waals surface area contributed by atoms with Crippen molar-refractivity contribution in [2.45, 2.75) is 0 Å². The van der Waals surface area contributed by atoms with Crippen LogP contribution in [0.2, 0.25) is 0 Å². The van der Waals surface area contributed by atoms with E-state index in [0.29, 0.717) is 0 Å². The lowest BCUT2D eigenvalue weighted by atomic mass is 10.2. The third-order valence-corrected chi connectivity index (χ3v) is 1.50. The molecule has 13 heavy (non-hydrogen) atoms. The molecule has 0 heterocycles. The lowest BCUT2D eigenvalue weighted by molar-refractivity contribution is 0.0511. The van der Waals surface area contributed by atoms with Crippen LogP contribution in [0.5, 0.6) is 5.75 Å². The van der Waals surface area contributed by atoms with Crippen LogP contribution in [0.25, 0.3) is 0 Å². The second kappa shape index (κ2) is 5.32. The van der Waals surface area contributed by atoms with Crippen molar-refractivity contribution in [2.24, 2.45) is 4.99 Å². The van der Waals surface area contributed by atoms with E-state index in [-0.39, 0.29) is 6.79 Å². The Morgan fingerprint density at radius 2 is 2.00 bits per heavy atom. The third kappa shape index (κ3) is 3.25. The van der Waals surface area contributed by atoms with Gasteiger partial charge >= 0.3 is 0 Å². The molecule has 3 nitrogen and oxygen atoms in total. The van der Waals surface area contributed by atoms with Gasteiger partial charge in [0.25, 0.3) is 0 Å². The zero-order chi connectivity index (χ0) is 9.52. The summed E-state index contributed by atoms with van der Waals surface area (Å²) >= 11 is 0. The highest BCUT2D eigenvalue weighted by molar-refractivity contribution is 5.79. The van der Waals surface area contributed by atoms with Crippen molar-refractivity contribution in [3.8, 4) is 5.75 Å². The van der Waals surface area contributed by atoms with Crippen LogP contribution >= 0.6 is 0 Å². The average Bonchev–Trinajstić information content (AvgIpc) is 2.17. The first-order valence-corrected chi connectivity index (χ1v) is 4.01. The Kier molecular flexibility index (Phi) is 3.99. The van der Waals surface area contributed by atoms with Crippen molar-refractivity contribution in [1.29, 1.82) is 0 Å². The SMILES string of the molecule is CN=Cc1ccc(OCOC)cc1. The molecule has 0 atom stereocenters. The topological polar surface area (TPSA) is 30.8 Å². The molecule has 0 N–H and O–H groups in total. The van der Waals surface area contributed by atoms with Crippen LogP contribution in [0.4, 0.5) is 0 Å². The normalized spacial score (nSPS) is 10.6. The molecule has 0 fully saturated rings. The number of benzene rings is 1. The number of aliphatic imine (C=N–C) groups is 1. The fourth-order valence-electron chi connectivity index (χ4n) is 0.926. The zero-order valence-electron chi connectivity index (χ0n) is 7.86. The van der Waals surface area contributed by atoms with Crippen LogP contribution in [-0.2, 0) is 4.74 Å². The molecule has 0 radical (unpaired) electrons. The summed E-state index contributed by atoms with van der Waals surface area (Å²) in [4.78, 5) is 3.91. The van der Waals surface area contributed by atoms with Crippen LogP contribution < -0.4 is 4.74 Å². The Morgan fingerprint density at radius 1 is 1.31 bits per heavy atom. The van der Waals surface area contributed by atoms with E-state index in [0.717, 1.165) is 11.3 Å². The predicted octanol–water partition coefficient (Wildman–Crippen LogP) is 1.72. The smallest absolute Gasteiger partial charge is 0.188 e. The van der Waals surface area contributed by atoms with Crippen molar-refractivity contribution in [3.63, 3.8) is 0 Å². The summed E-state index contributed by atoms with van der Waals surface area (Å²) < 4.78 is 10.00. The fraction of sp³-hybridized carbons (Fsp3) is 0.300. The van der Waals surface area contributed by atoms with Gasteiger partial charge in [0.2, 0.25) is 0 Å². The maximum Gasteiger partial charge on any atom is 0.188 e. The molecule has 0 aliphatic heterocycles. The molecule has 0 aliphatic carbocycles. The van der Waals surface area contributed by atoms with E-state index in [9.17, 15) is 0 Å². The number of ether oxygens (including phenoxy) is 2. The van der Waals surface area contributed by atoms with E-state index in [1.54, 1.807) is 20.4 Å². The molecule has 0 aromatic heterocycles. The second-order valence-corrected chi connectivity index (χ2v) is 2.51. The first-order valence-electron chi connectivity index (χ1n) is 4.01. The van der Waals surface area contributed by atoms with Crippen molar-refractivity contribution in [3.05, 3.63) is 29.8 Å². The van der Waals surface area contributed by atoms with Gasteiger partial charge in [-0.05, 0) is 29.8 Å². The fourth-order valence-corrected chi connectivity index (χ4v) is 0.926. The average molecular weight is 179 g/mol. The largest absolute Gasteiger partial charge is 0.468 e. The third-order valence-electron chi connectivity index (χ3n) is 1.50. The van der Waals surface area contributed by atoms with Gasteiger partial charge in [-0.25, -0.2) is 0 Å². The molecular formula is C10H13NO2. The van der Waals surface area contributed by atoms with Gasteiger partial charge in [0, 0.05) is 20.4 Å². The highest BCUT2D eigenvalue weighted by Gasteiger charge is 1.91. The van der Waals surface area contributed by atoms with Crippen molar-refractivity contribution in [2.75, 3.05) is 21.0 Å². The van der Waals surface area contributed by atoms with Crippen LogP contribution in [0.15, 0.2) is 29.3 Å². The molecule has 3 heteroatoms. The molecule has 0 aliphatic rings. The van der Waals surface area contributed by atoms with Crippen molar-refractivity contribution >= 4 is 6.21 Å². The van der Waals surface area contributed by atoms with E-state index in [1.165, 1.54) is 0 Å². The summed E-state index contributed by atoms with van der Waals surface area (Å²) in [7, 11) is 3.34. The van der Waals surface area contributed by atoms with Crippen molar-refractivity contribution in [1.82, 2.24) is 0 Å². The van der Waals surface area contributed by atoms with E-state index >= 15 is 0 Å². The highest BCUT2D eigenvalue weighted by atomic mass is 16.7. The standard InChI is InChI=1S/C10H13NO2/c1-11-7-9-3-5-10(6-4-9)13-8-12-2/h3-7H,8H2,1-2H3. The molecule has 0 spiro atoms. The number of methoxy groups -OCH3 is 1. The van der Waals surface area contributed by atoms with Gasteiger partial charge in [0.15, 0.2) is 6.79 Å². The molecule has 0 amide bonds. The molecule has 70 valence electrons. The van der Waals surface area contributed by atoms with Gasteiger partial charge in [0.1, 0.15) is 5.75 Å². The Balaban J connectivity index is 2.58. The summed E-state index contributed by atoms with van der Waals surface area (Å²) in [5.41, 5.74) is 1.06. The van der Waals surface area contributed by atoms with E-state index in [1.807, 2.05) is 24.3 Å². The van der Waals surface area contributed by atoms with Crippen LogP contribution in [0.1, 0.15) is 5.56 Å². The number of hydrogen-bond donors (Lipinski definition) is 0. The first kappa shape index (κ1) is 9.74. The molecule has 1 aromatic rings. The lowest BCUT2D eigenvalue weighted by Crippen LogP contribution is -1.98. The molecule has 1 aromatic carbocycles. The summed E-state index contributed by atoms with van der Waals surface area (Å²) in [6.45, 7) is 0.279. The molecule has 0 bridgehead atoms. The summed E-state index contributed by atoms with van der Waals surface area (Å²) in [5, 5.41) is 0. The Morgan fingerprint density at radius 3 is 2.54 bits per heavy atom. The van der Waals surface area contributed by atoms with Gasteiger partial charge in [-0.3, -0.25) is 4.99 Å². The van der Waals surface area contributed by atoms with Gasteiger partial charge < -0.3 is 9.47 Å². The Labute approximate surface area is 78.0 Å². The quantitative estimate of drug-likeness (QED) is 0.520. The number of nitrogens with zero attached hydrogens (tertiary/aromatic N) is 1. The zero-order valence-corrected chi connectivity index (χ0v) is 7.86. The molecule has 1 rings (SSSR count). The van der Waals surface area contributed by atoms with Crippen LogP contribution in [-0.4, -0.2) is 27.2 Å². The summed E-state index contributed by atoms with van der Waals surface area (Å²) in [6, 6.07) is 7.65. The predicted molar refractivity (Wildman–Crippen MR) is 52.5 cm³/mol. The van der Waals surface area contributed by atoms with Gasteiger partial charge in [-0.2, -0.15) is 0 Å². The molecule has 0 saturated carbocycles. The van der Waals surface area contributed by atoms with Crippen LogP contribution in [0.3, 0.4) is 0 Å². The minimum absolute atomic E-state index is 0.279.